The number of fused-ring (bicyclic) bond motifs is 2. The van der Waals surface area contributed by atoms with Crippen LogP contribution < -0.4 is 9.47 Å². The third kappa shape index (κ3) is 3.51. The molecule has 156 valence electrons. The quantitative estimate of drug-likeness (QED) is 0.766. The topological polar surface area (TPSA) is 66.4 Å². The van der Waals surface area contributed by atoms with Crippen LogP contribution in [0.5, 0.6) is 11.5 Å². The lowest BCUT2D eigenvalue weighted by atomic mass is 9.82. The van der Waals surface area contributed by atoms with E-state index in [1.54, 1.807) is 19.3 Å². The van der Waals surface area contributed by atoms with Gasteiger partial charge in [-0.25, -0.2) is 0 Å². The van der Waals surface area contributed by atoms with Crippen LogP contribution in [0.25, 0.3) is 0 Å². The molecule has 0 aromatic heterocycles. The van der Waals surface area contributed by atoms with Crippen molar-refractivity contribution in [3.05, 3.63) is 60.7 Å². The molecule has 2 fully saturated rings. The number of aliphatic hydroxyl groups excluding tert-OH is 1. The Morgan fingerprint density at radius 2 is 1.79 bits per heavy atom. The number of hydrogen-bond acceptors (Lipinski definition) is 6. The minimum atomic E-state index is -1.08. The van der Waals surface area contributed by atoms with E-state index in [2.05, 4.69) is 20.4 Å². The summed E-state index contributed by atoms with van der Waals surface area (Å²) in [6.07, 6.45) is 6.12. The van der Waals surface area contributed by atoms with Gasteiger partial charge in [-0.2, -0.15) is 0 Å². The van der Waals surface area contributed by atoms with Crippen LogP contribution >= 0.6 is 0 Å². The molecule has 6 heteroatoms. The first-order chi connectivity index (χ1) is 13.8. The van der Waals surface area contributed by atoms with Gasteiger partial charge >= 0.3 is 0 Å². The van der Waals surface area contributed by atoms with Crippen molar-refractivity contribution < 1.29 is 28.8 Å². The van der Waals surface area contributed by atoms with Crippen LogP contribution in [0.3, 0.4) is 0 Å². The van der Waals surface area contributed by atoms with Gasteiger partial charge in [-0.15, -0.1) is 0 Å². The molecule has 1 unspecified atom stereocenters. The summed E-state index contributed by atoms with van der Waals surface area (Å²) in [6, 6.07) is 7.33. The fourth-order valence-corrected chi connectivity index (χ4v) is 4.14. The fraction of sp³-hybridized carbons (Fsp3) is 0.478. The molecule has 1 spiro atoms. The van der Waals surface area contributed by atoms with Crippen LogP contribution in [-0.2, 0) is 14.2 Å². The number of ether oxygens (including phenoxy) is 5. The first kappa shape index (κ1) is 20.2. The van der Waals surface area contributed by atoms with Crippen LogP contribution in [0.1, 0.15) is 13.8 Å². The lowest BCUT2D eigenvalue weighted by Crippen LogP contribution is -2.54. The highest BCUT2D eigenvalue weighted by molar-refractivity contribution is 5.39. The second-order valence-electron chi connectivity index (χ2n) is 8.52. The molecular weight excluding hydrogens is 372 g/mol. The first-order valence-electron chi connectivity index (χ1n) is 9.77. The lowest BCUT2D eigenvalue weighted by molar-refractivity contribution is -0.295. The maximum Gasteiger partial charge on any atom is 0.198 e. The van der Waals surface area contributed by atoms with E-state index < -0.39 is 17.7 Å². The summed E-state index contributed by atoms with van der Waals surface area (Å²) in [5.74, 6) is 0.0606. The third-order valence-electron chi connectivity index (χ3n) is 5.65. The minimum Gasteiger partial charge on any atom is -0.497 e. The Labute approximate surface area is 171 Å². The molecule has 4 rings (SSSR count). The van der Waals surface area contributed by atoms with Crippen molar-refractivity contribution in [1.29, 1.82) is 0 Å². The zero-order valence-corrected chi connectivity index (χ0v) is 17.1. The van der Waals surface area contributed by atoms with E-state index in [0.717, 1.165) is 5.75 Å². The van der Waals surface area contributed by atoms with Crippen molar-refractivity contribution >= 4 is 0 Å². The lowest BCUT2D eigenvalue weighted by Gasteiger charge is -2.45. The number of allylic oxidation sites excluding steroid dienone is 2. The number of rotatable bonds is 5. The van der Waals surface area contributed by atoms with Gasteiger partial charge in [0.1, 0.15) is 23.7 Å². The summed E-state index contributed by atoms with van der Waals surface area (Å²) in [7, 11) is 1.62. The van der Waals surface area contributed by atoms with Crippen LogP contribution in [0.4, 0.5) is 0 Å². The van der Waals surface area contributed by atoms with Crippen molar-refractivity contribution in [2.24, 2.45) is 11.3 Å². The minimum absolute atomic E-state index is 0.0790. The van der Waals surface area contributed by atoms with E-state index in [0.29, 0.717) is 24.5 Å². The molecule has 2 heterocycles. The molecule has 0 radical (unpaired) electrons. The van der Waals surface area contributed by atoms with E-state index >= 15 is 0 Å². The third-order valence-corrected chi connectivity index (χ3v) is 5.65. The Bertz CT molecular complexity index is 814. The summed E-state index contributed by atoms with van der Waals surface area (Å²) in [6.45, 7) is 9.25. The number of aliphatic hydroxyl groups is 1. The maximum absolute atomic E-state index is 10.6. The van der Waals surface area contributed by atoms with Gasteiger partial charge in [-0.3, -0.25) is 0 Å². The summed E-state index contributed by atoms with van der Waals surface area (Å²) < 4.78 is 29.7. The van der Waals surface area contributed by atoms with Crippen LogP contribution in [-0.4, -0.2) is 49.7 Å². The largest absolute Gasteiger partial charge is 0.497 e. The summed E-state index contributed by atoms with van der Waals surface area (Å²) in [5, 5.41) is 10.6. The van der Waals surface area contributed by atoms with E-state index in [9.17, 15) is 5.11 Å². The SMILES string of the molecule is C=C/C=C1/C(O)O[C@@]2(COc3ccc(OC)cc3)C=CC3(OCC(C)(C)CO3)[C@@H]12. The van der Waals surface area contributed by atoms with E-state index in [-0.39, 0.29) is 17.9 Å². The molecule has 29 heavy (non-hydrogen) atoms. The summed E-state index contributed by atoms with van der Waals surface area (Å²) in [5.41, 5.74) is -0.317. The van der Waals surface area contributed by atoms with Crippen molar-refractivity contribution in [2.45, 2.75) is 31.5 Å². The molecule has 0 saturated carbocycles. The predicted octanol–water partition coefficient (Wildman–Crippen LogP) is 3.23. The molecule has 1 aliphatic carbocycles. The van der Waals surface area contributed by atoms with Gasteiger partial charge in [-0.05, 0) is 42.0 Å². The fourth-order valence-electron chi connectivity index (χ4n) is 4.14. The molecule has 1 N–H and O–H groups in total. The highest BCUT2D eigenvalue weighted by Gasteiger charge is 2.65. The van der Waals surface area contributed by atoms with Gasteiger partial charge in [0, 0.05) is 5.41 Å². The van der Waals surface area contributed by atoms with Crippen molar-refractivity contribution in [1.82, 2.24) is 0 Å². The second kappa shape index (κ2) is 7.29. The molecule has 3 atom stereocenters. The Morgan fingerprint density at radius 1 is 1.14 bits per heavy atom. The van der Waals surface area contributed by atoms with Crippen LogP contribution in [0, 0.1) is 11.3 Å². The average Bonchev–Trinajstić information content (AvgIpc) is 3.16. The van der Waals surface area contributed by atoms with Crippen molar-refractivity contribution in [2.75, 3.05) is 26.9 Å². The molecule has 2 saturated heterocycles. The number of methoxy groups -OCH3 is 1. The molecule has 2 aliphatic heterocycles. The van der Waals surface area contributed by atoms with Crippen molar-refractivity contribution in [3.8, 4) is 11.5 Å². The zero-order valence-electron chi connectivity index (χ0n) is 17.1. The normalized spacial score (nSPS) is 33.0. The smallest absolute Gasteiger partial charge is 0.198 e. The highest BCUT2D eigenvalue weighted by Crippen LogP contribution is 2.55. The maximum atomic E-state index is 10.6. The van der Waals surface area contributed by atoms with Crippen LogP contribution in [0.2, 0.25) is 0 Å². The van der Waals surface area contributed by atoms with Gasteiger partial charge in [0.2, 0.25) is 0 Å². The molecule has 1 aromatic rings. The van der Waals surface area contributed by atoms with Crippen LogP contribution in [0.15, 0.2) is 60.7 Å². The highest BCUT2D eigenvalue weighted by atomic mass is 16.7. The number of hydrogen-bond donors (Lipinski definition) is 1. The first-order valence-corrected chi connectivity index (χ1v) is 9.77. The molecule has 0 amide bonds. The number of benzene rings is 1. The van der Waals surface area contributed by atoms with E-state index in [4.69, 9.17) is 23.7 Å². The summed E-state index contributed by atoms with van der Waals surface area (Å²) >= 11 is 0. The van der Waals surface area contributed by atoms with E-state index in [1.807, 2.05) is 36.4 Å². The Hall–Kier alpha value is -2.12. The standard InChI is InChI=1S/C23H28O6/c1-5-6-18-19-22(29-20(18)24,15-26-17-9-7-16(25-4)8-10-17)11-12-23(19)27-13-21(2,3)14-28-23/h5-12,19-20,24H,1,13-15H2,2-4H3/b18-6+/t19-,20?,22+/m0/s1. The Kier molecular flexibility index (Phi) is 5.07. The predicted molar refractivity (Wildman–Crippen MR) is 108 cm³/mol. The molecular formula is C23H28O6. The zero-order chi connectivity index (χ0) is 20.7. The van der Waals surface area contributed by atoms with Gasteiger partial charge in [0.25, 0.3) is 0 Å². The van der Waals surface area contributed by atoms with Gasteiger partial charge in [-0.1, -0.05) is 32.6 Å². The van der Waals surface area contributed by atoms with Crippen molar-refractivity contribution in [3.63, 3.8) is 0 Å². The van der Waals surface area contributed by atoms with Gasteiger partial charge in [0.05, 0.1) is 26.2 Å². The molecule has 3 aliphatic rings. The monoisotopic (exact) mass is 400 g/mol. The summed E-state index contributed by atoms with van der Waals surface area (Å²) in [4.78, 5) is 0. The molecule has 0 bridgehead atoms. The van der Waals surface area contributed by atoms with E-state index in [1.165, 1.54) is 0 Å². The Balaban J connectivity index is 1.61. The Morgan fingerprint density at radius 3 is 2.41 bits per heavy atom. The second-order valence-corrected chi connectivity index (χ2v) is 8.52. The van der Waals surface area contributed by atoms with Gasteiger partial charge in [0.15, 0.2) is 12.1 Å². The average molecular weight is 400 g/mol. The molecule has 1 aromatic carbocycles. The van der Waals surface area contributed by atoms with Gasteiger partial charge < -0.3 is 28.8 Å². The molecule has 6 nitrogen and oxygen atoms in total.